The van der Waals surface area contributed by atoms with Crippen molar-refractivity contribution in [2.45, 2.75) is 31.8 Å². The Morgan fingerprint density at radius 2 is 2.10 bits per heavy atom. The van der Waals surface area contributed by atoms with Crippen molar-refractivity contribution >= 4 is 11.9 Å². The van der Waals surface area contributed by atoms with E-state index in [0.29, 0.717) is 12.2 Å². The average Bonchev–Trinajstić information content (AvgIpc) is 2.75. The Morgan fingerprint density at radius 1 is 1.38 bits per heavy atom. The standard InChI is InChI=1S/C15H21N3O3/c1-3-6-12-14(19)18(15(20)17-12)9-11(16)10-7-4-5-8-13(10)21-2/h4-5,7-8,11-12H,3,6,9,16H2,1-2H3,(H,17,20). The Morgan fingerprint density at radius 3 is 2.76 bits per heavy atom. The van der Waals surface area contributed by atoms with E-state index in [-0.39, 0.29) is 18.5 Å². The summed E-state index contributed by atoms with van der Waals surface area (Å²) < 4.78 is 5.26. The molecule has 6 heteroatoms. The van der Waals surface area contributed by atoms with E-state index in [4.69, 9.17) is 10.5 Å². The maximum absolute atomic E-state index is 12.2. The monoisotopic (exact) mass is 291 g/mol. The van der Waals surface area contributed by atoms with Crippen molar-refractivity contribution in [2.75, 3.05) is 13.7 Å². The minimum Gasteiger partial charge on any atom is -0.496 e. The van der Waals surface area contributed by atoms with Crippen LogP contribution in [0.15, 0.2) is 24.3 Å². The molecule has 0 aromatic heterocycles. The van der Waals surface area contributed by atoms with Gasteiger partial charge in [-0.15, -0.1) is 0 Å². The molecule has 0 bridgehead atoms. The molecule has 1 heterocycles. The number of rotatable bonds is 6. The lowest BCUT2D eigenvalue weighted by Crippen LogP contribution is -2.37. The number of benzene rings is 1. The molecule has 0 aliphatic carbocycles. The lowest BCUT2D eigenvalue weighted by atomic mass is 10.1. The number of amides is 3. The highest BCUT2D eigenvalue weighted by Crippen LogP contribution is 2.25. The molecule has 0 spiro atoms. The lowest BCUT2D eigenvalue weighted by molar-refractivity contribution is -0.127. The van der Waals surface area contributed by atoms with Gasteiger partial charge in [0.05, 0.1) is 13.2 Å². The van der Waals surface area contributed by atoms with Crippen molar-refractivity contribution in [1.82, 2.24) is 10.2 Å². The zero-order valence-corrected chi connectivity index (χ0v) is 12.3. The van der Waals surface area contributed by atoms with Crippen LogP contribution < -0.4 is 15.8 Å². The van der Waals surface area contributed by atoms with Crippen LogP contribution in [0.1, 0.15) is 31.4 Å². The molecule has 21 heavy (non-hydrogen) atoms. The van der Waals surface area contributed by atoms with Crippen LogP contribution in [0.25, 0.3) is 0 Å². The van der Waals surface area contributed by atoms with Gasteiger partial charge in [-0.05, 0) is 12.5 Å². The minimum absolute atomic E-state index is 0.144. The molecule has 3 N–H and O–H groups in total. The van der Waals surface area contributed by atoms with Crippen LogP contribution in [0.4, 0.5) is 4.79 Å². The van der Waals surface area contributed by atoms with Crippen LogP contribution in [-0.2, 0) is 4.79 Å². The van der Waals surface area contributed by atoms with Gasteiger partial charge in [-0.3, -0.25) is 9.69 Å². The Balaban J connectivity index is 2.10. The Kier molecular flexibility index (Phi) is 4.80. The van der Waals surface area contributed by atoms with Crippen molar-refractivity contribution in [3.05, 3.63) is 29.8 Å². The normalized spacial score (nSPS) is 19.6. The highest BCUT2D eigenvalue weighted by molar-refractivity contribution is 6.04. The molecule has 3 amide bonds. The van der Waals surface area contributed by atoms with Crippen molar-refractivity contribution in [3.8, 4) is 5.75 Å². The molecular weight excluding hydrogens is 270 g/mol. The predicted molar refractivity (Wildman–Crippen MR) is 78.9 cm³/mol. The van der Waals surface area contributed by atoms with Crippen LogP contribution in [0.5, 0.6) is 5.75 Å². The number of carbonyl (C=O) groups excluding carboxylic acids is 2. The van der Waals surface area contributed by atoms with E-state index < -0.39 is 12.1 Å². The quantitative estimate of drug-likeness (QED) is 0.776. The Labute approximate surface area is 124 Å². The number of nitrogens with zero attached hydrogens (tertiary/aromatic N) is 1. The highest BCUT2D eigenvalue weighted by atomic mass is 16.5. The van der Waals surface area contributed by atoms with E-state index in [1.807, 2.05) is 25.1 Å². The third kappa shape index (κ3) is 3.16. The number of hydrogen-bond acceptors (Lipinski definition) is 4. The number of methoxy groups -OCH3 is 1. The molecular formula is C15H21N3O3. The lowest BCUT2D eigenvalue weighted by Gasteiger charge is -2.20. The minimum atomic E-state index is -0.476. The summed E-state index contributed by atoms with van der Waals surface area (Å²) in [5.41, 5.74) is 6.92. The van der Waals surface area contributed by atoms with E-state index in [1.165, 1.54) is 4.90 Å². The van der Waals surface area contributed by atoms with Gasteiger partial charge in [-0.25, -0.2) is 4.79 Å². The van der Waals surface area contributed by atoms with Gasteiger partial charge in [0.25, 0.3) is 5.91 Å². The Hall–Kier alpha value is -2.08. The topological polar surface area (TPSA) is 84.7 Å². The van der Waals surface area contributed by atoms with Crippen LogP contribution in [0, 0.1) is 0 Å². The molecule has 114 valence electrons. The van der Waals surface area contributed by atoms with Crippen molar-refractivity contribution in [2.24, 2.45) is 5.73 Å². The van der Waals surface area contributed by atoms with Gasteiger partial charge < -0.3 is 15.8 Å². The van der Waals surface area contributed by atoms with Gasteiger partial charge >= 0.3 is 6.03 Å². The molecule has 1 aliphatic rings. The zero-order valence-electron chi connectivity index (χ0n) is 12.3. The van der Waals surface area contributed by atoms with Crippen molar-refractivity contribution < 1.29 is 14.3 Å². The molecule has 1 aromatic carbocycles. The summed E-state index contributed by atoms with van der Waals surface area (Å²) in [6, 6.07) is 6.07. The first-order chi connectivity index (χ1) is 10.1. The van der Waals surface area contributed by atoms with Crippen LogP contribution >= 0.6 is 0 Å². The summed E-state index contributed by atoms with van der Waals surface area (Å²) >= 11 is 0. The molecule has 2 unspecified atom stereocenters. The SMILES string of the molecule is CCCC1NC(=O)N(CC(N)c2ccccc2OC)C1=O. The summed E-state index contributed by atoms with van der Waals surface area (Å²) in [7, 11) is 1.57. The summed E-state index contributed by atoms with van der Waals surface area (Å²) in [6.07, 6.45) is 1.48. The predicted octanol–water partition coefficient (Wildman–Crippen LogP) is 1.42. The van der Waals surface area contributed by atoms with Gasteiger partial charge in [-0.1, -0.05) is 31.5 Å². The fourth-order valence-corrected chi connectivity index (χ4v) is 2.50. The van der Waals surface area contributed by atoms with Crippen molar-refractivity contribution in [1.29, 1.82) is 0 Å². The average molecular weight is 291 g/mol. The van der Waals surface area contributed by atoms with Crippen LogP contribution in [0.2, 0.25) is 0 Å². The molecule has 2 rings (SSSR count). The second kappa shape index (κ2) is 6.58. The fraction of sp³-hybridized carbons (Fsp3) is 0.467. The molecule has 6 nitrogen and oxygen atoms in total. The summed E-state index contributed by atoms with van der Waals surface area (Å²) in [4.78, 5) is 25.3. The number of imide groups is 1. The van der Waals surface area contributed by atoms with E-state index in [1.54, 1.807) is 13.2 Å². The molecule has 0 saturated carbocycles. The summed E-state index contributed by atoms with van der Waals surface area (Å²) in [5, 5.41) is 2.69. The second-order valence-electron chi connectivity index (χ2n) is 5.09. The number of nitrogens with one attached hydrogen (secondary N) is 1. The Bertz CT molecular complexity index is 533. The van der Waals surface area contributed by atoms with Crippen LogP contribution in [-0.4, -0.2) is 36.5 Å². The third-order valence-electron chi connectivity index (χ3n) is 3.60. The van der Waals surface area contributed by atoms with E-state index in [9.17, 15) is 9.59 Å². The first kappa shape index (κ1) is 15.3. The molecule has 1 aliphatic heterocycles. The zero-order chi connectivity index (χ0) is 15.4. The maximum Gasteiger partial charge on any atom is 0.324 e. The number of carbonyl (C=O) groups is 2. The first-order valence-corrected chi connectivity index (χ1v) is 7.08. The van der Waals surface area contributed by atoms with Gasteiger partial charge in [-0.2, -0.15) is 0 Å². The van der Waals surface area contributed by atoms with Gasteiger partial charge in [0.1, 0.15) is 11.8 Å². The number of hydrogen-bond donors (Lipinski definition) is 2. The summed E-state index contributed by atoms with van der Waals surface area (Å²) in [5.74, 6) is 0.453. The van der Waals surface area contributed by atoms with Crippen LogP contribution in [0.3, 0.4) is 0 Å². The molecule has 1 aromatic rings. The molecule has 2 atom stereocenters. The third-order valence-corrected chi connectivity index (χ3v) is 3.60. The van der Waals surface area contributed by atoms with Gasteiger partial charge in [0, 0.05) is 12.1 Å². The first-order valence-electron chi connectivity index (χ1n) is 7.08. The van der Waals surface area contributed by atoms with Gasteiger partial charge in [0.15, 0.2) is 0 Å². The molecule has 1 fully saturated rings. The van der Waals surface area contributed by atoms with Gasteiger partial charge in [0.2, 0.25) is 0 Å². The molecule has 1 saturated heterocycles. The van der Waals surface area contributed by atoms with Crippen molar-refractivity contribution in [3.63, 3.8) is 0 Å². The maximum atomic E-state index is 12.2. The number of ether oxygens (including phenoxy) is 1. The molecule has 0 radical (unpaired) electrons. The summed E-state index contributed by atoms with van der Waals surface area (Å²) in [6.45, 7) is 2.12. The number of nitrogens with two attached hydrogens (primary N) is 1. The highest BCUT2D eigenvalue weighted by Gasteiger charge is 2.38. The van der Waals surface area contributed by atoms with E-state index in [0.717, 1.165) is 12.0 Å². The number of para-hydroxylation sites is 1. The van der Waals surface area contributed by atoms with E-state index >= 15 is 0 Å². The largest absolute Gasteiger partial charge is 0.496 e. The smallest absolute Gasteiger partial charge is 0.324 e. The fourth-order valence-electron chi connectivity index (χ4n) is 2.50. The second-order valence-corrected chi connectivity index (χ2v) is 5.09. The van der Waals surface area contributed by atoms with E-state index in [2.05, 4.69) is 5.32 Å². The number of urea groups is 1.